The first-order valence-electron chi connectivity index (χ1n) is 13.4. The number of methoxy groups -OCH3 is 1. The molecule has 1 atom stereocenters. The number of rotatable bonds is 9. The Morgan fingerprint density at radius 1 is 1.00 bits per heavy atom. The van der Waals surface area contributed by atoms with Gasteiger partial charge < -0.3 is 23.7 Å². The number of esters is 1. The molecule has 0 bridgehead atoms. The number of piperazine rings is 1. The lowest BCUT2D eigenvalue weighted by molar-refractivity contribution is -0.139. The van der Waals surface area contributed by atoms with E-state index in [1.807, 2.05) is 34.9 Å². The van der Waals surface area contributed by atoms with E-state index < -0.39 is 5.97 Å². The lowest BCUT2D eigenvalue weighted by Gasteiger charge is -2.33. The van der Waals surface area contributed by atoms with Crippen LogP contribution < -0.4 is 9.64 Å². The third-order valence-electron chi connectivity index (χ3n) is 7.25. The molecule has 0 N–H and O–H groups in total. The highest BCUT2D eigenvalue weighted by atomic mass is 16.5. The average Bonchev–Trinajstić information content (AvgIpc) is 3.31. The minimum Gasteiger partial charge on any atom is -0.473 e. The molecule has 4 heterocycles. The molecule has 210 valence electrons. The Bertz CT molecular complexity index is 1600. The van der Waals surface area contributed by atoms with Crippen LogP contribution in [0.15, 0.2) is 66.7 Å². The highest BCUT2D eigenvalue weighted by molar-refractivity contribution is 6.04. The smallest absolute Gasteiger partial charge is 0.337 e. The van der Waals surface area contributed by atoms with Crippen LogP contribution in [0.25, 0.3) is 11.0 Å². The predicted octanol–water partition coefficient (Wildman–Crippen LogP) is 2.96. The van der Waals surface area contributed by atoms with Gasteiger partial charge in [0.15, 0.2) is 0 Å². The number of anilines is 1. The molecule has 2 aliphatic heterocycles. The van der Waals surface area contributed by atoms with E-state index in [4.69, 9.17) is 19.2 Å². The summed E-state index contributed by atoms with van der Waals surface area (Å²) in [6, 6.07) is 20.0. The van der Waals surface area contributed by atoms with Gasteiger partial charge in [-0.15, -0.1) is 0 Å². The van der Waals surface area contributed by atoms with Crippen LogP contribution in [0.1, 0.15) is 28.2 Å². The van der Waals surface area contributed by atoms with Crippen molar-refractivity contribution in [1.29, 1.82) is 0 Å². The lowest BCUT2D eigenvalue weighted by atomic mass is 10.1. The summed E-state index contributed by atoms with van der Waals surface area (Å²) in [4.78, 5) is 50.7. The Morgan fingerprint density at radius 3 is 2.59 bits per heavy atom. The number of amides is 2. The summed E-state index contributed by atoms with van der Waals surface area (Å²) in [5, 5.41) is 0. The molecule has 2 fully saturated rings. The molecule has 0 unspecified atom stereocenters. The van der Waals surface area contributed by atoms with Crippen molar-refractivity contribution in [3.63, 3.8) is 0 Å². The summed E-state index contributed by atoms with van der Waals surface area (Å²) in [6.45, 7) is 1.44. The largest absolute Gasteiger partial charge is 0.473 e. The first kappa shape index (κ1) is 26.5. The zero-order valence-electron chi connectivity index (χ0n) is 22.6. The molecule has 2 aliphatic rings. The lowest BCUT2D eigenvalue weighted by Crippen LogP contribution is -2.54. The van der Waals surface area contributed by atoms with Gasteiger partial charge in [-0.25, -0.2) is 9.78 Å². The third-order valence-corrected chi connectivity index (χ3v) is 7.25. The standard InChI is InChI=1S/C30H29N5O6/c1-39-30(38)21-10-11-23-24(14-21)34(15-22-12-13-40-22)26(31-23)16-33-17-29(37)35(18-28(33)36)25-8-5-9-27(32-25)41-19-20-6-3-2-4-7-20/h2-11,14,22H,12-13,15-19H2,1H3/t22-/m0/s1. The van der Waals surface area contributed by atoms with Crippen molar-refractivity contribution < 1.29 is 28.6 Å². The summed E-state index contributed by atoms with van der Waals surface area (Å²) in [5.74, 6) is 0.416. The number of carbonyl (C=O) groups excluding carboxylic acids is 3. The van der Waals surface area contributed by atoms with Crippen LogP contribution in [0, 0.1) is 0 Å². The van der Waals surface area contributed by atoms with Gasteiger partial charge in [0.1, 0.15) is 31.3 Å². The quantitative estimate of drug-likeness (QED) is 0.290. The maximum atomic E-state index is 13.3. The summed E-state index contributed by atoms with van der Waals surface area (Å²) >= 11 is 0. The molecule has 2 amide bonds. The molecule has 4 aromatic rings. The van der Waals surface area contributed by atoms with Gasteiger partial charge in [0.05, 0.1) is 42.9 Å². The van der Waals surface area contributed by atoms with Gasteiger partial charge in [-0.05, 0) is 36.2 Å². The van der Waals surface area contributed by atoms with E-state index >= 15 is 0 Å². The Kier molecular flexibility index (Phi) is 7.34. The zero-order valence-corrected chi connectivity index (χ0v) is 22.6. The van der Waals surface area contributed by atoms with E-state index in [0.29, 0.717) is 48.4 Å². The van der Waals surface area contributed by atoms with E-state index in [-0.39, 0.29) is 37.6 Å². The molecule has 11 heteroatoms. The molecule has 2 saturated heterocycles. The van der Waals surface area contributed by atoms with E-state index in [1.165, 1.54) is 16.9 Å². The highest BCUT2D eigenvalue weighted by Gasteiger charge is 2.33. The Labute approximate surface area is 236 Å². The van der Waals surface area contributed by atoms with Crippen molar-refractivity contribution in [2.24, 2.45) is 0 Å². The van der Waals surface area contributed by atoms with Crippen molar-refractivity contribution in [3.05, 3.63) is 83.7 Å². The maximum absolute atomic E-state index is 13.3. The van der Waals surface area contributed by atoms with Gasteiger partial charge in [0.25, 0.3) is 0 Å². The van der Waals surface area contributed by atoms with Gasteiger partial charge in [-0.3, -0.25) is 14.5 Å². The number of aromatic nitrogens is 3. The van der Waals surface area contributed by atoms with Crippen molar-refractivity contribution in [2.75, 3.05) is 31.7 Å². The third kappa shape index (κ3) is 5.62. The molecule has 0 saturated carbocycles. The average molecular weight is 556 g/mol. The number of fused-ring (bicyclic) bond motifs is 1. The number of imidazole rings is 1. The SMILES string of the molecule is COC(=O)c1ccc2nc(CN3CC(=O)N(c4cccc(OCc5ccccc5)n4)CC3=O)n(C[C@@H]3CCO3)c2c1. The summed E-state index contributed by atoms with van der Waals surface area (Å²) in [6.07, 6.45) is 0.928. The summed E-state index contributed by atoms with van der Waals surface area (Å²) in [7, 11) is 1.34. The number of benzene rings is 2. The Morgan fingerprint density at radius 2 is 1.83 bits per heavy atom. The Hall–Kier alpha value is -4.77. The number of pyridine rings is 1. The molecule has 11 nitrogen and oxygen atoms in total. The topological polar surface area (TPSA) is 116 Å². The van der Waals surface area contributed by atoms with Gasteiger partial charge in [0.2, 0.25) is 17.7 Å². The number of hydrogen-bond acceptors (Lipinski definition) is 8. The fraction of sp³-hybridized carbons (Fsp3) is 0.300. The van der Waals surface area contributed by atoms with Crippen LogP contribution in [0.2, 0.25) is 0 Å². The van der Waals surface area contributed by atoms with Gasteiger partial charge >= 0.3 is 5.97 Å². The van der Waals surface area contributed by atoms with Gasteiger partial charge in [-0.2, -0.15) is 4.98 Å². The van der Waals surface area contributed by atoms with Crippen LogP contribution in [-0.4, -0.2) is 70.1 Å². The van der Waals surface area contributed by atoms with E-state index in [0.717, 1.165) is 17.5 Å². The molecule has 41 heavy (non-hydrogen) atoms. The second kappa shape index (κ2) is 11.4. The molecular weight excluding hydrogens is 526 g/mol. The summed E-state index contributed by atoms with van der Waals surface area (Å²) < 4.78 is 18.3. The first-order chi connectivity index (χ1) is 20.0. The number of carbonyl (C=O) groups is 3. The molecule has 2 aromatic heterocycles. The molecule has 0 aliphatic carbocycles. The van der Waals surface area contributed by atoms with E-state index in [2.05, 4.69) is 4.98 Å². The highest BCUT2D eigenvalue weighted by Crippen LogP contribution is 2.25. The van der Waals surface area contributed by atoms with Crippen LogP contribution in [-0.2, 0) is 38.8 Å². The molecule has 0 spiro atoms. The first-order valence-corrected chi connectivity index (χ1v) is 13.4. The van der Waals surface area contributed by atoms with Crippen molar-refractivity contribution >= 4 is 34.6 Å². The van der Waals surface area contributed by atoms with Crippen LogP contribution in [0.4, 0.5) is 5.82 Å². The van der Waals surface area contributed by atoms with Crippen LogP contribution in [0.3, 0.4) is 0 Å². The maximum Gasteiger partial charge on any atom is 0.337 e. The van der Waals surface area contributed by atoms with Crippen molar-refractivity contribution in [2.45, 2.75) is 32.2 Å². The monoisotopic (exact) mass is 555 g/mol. The van der Waals surface area contributed by atoms with E-state index in [1.54, 1.807) is 36.4 Å². The minimum absolute atomic E-state index is 0.0181. The minimum atomic E-state index is -0.443. The normalized spacial score (nSPS) is 17.0. The summed E-state index contributed by atoms with van der Waals surface area (Å²) in [5.41, 5.74) is 2.83. The van der Waals surface area contributed by atoms with Crippen molar-refractivity contribution in [1.82, 2.24) is 19.4 Å². The Balaban J connectivity index is 1.19. The zero-order chi connectivity index (χ0) is 28.3. The fourth-order valence-electron chi connectivity index (χ4n) is 4.92. The second-order valence-electron chi connectivity index (χ2n) is 9.95. The van der Waals surface area contributed by atoms with Gasteiger partial charge in [0, 0.05) is 12.7 Å². The molecule has 0 radical (unpaired) electrons. The molecular formula is C30H29N5O6. The number of hydrogen-bond donors (Lipinski definition) is 0. The van der Waals surface area contributed by atoms with Crippen LogP contribution in [0.5, 0.6) is 5.88 Å². The van der Waals surface area contributed by atoms with Crippen LogP contribution >= 0.6 is 0 Å². The fourth-order valence-corrected chi connectivity index (χ4v) is 4.92. The van der Waals surface area contributed by atoms with E-state index in [9.17, 15) is 14.4 Å². The number of nitrogens with zero attached hydrogens (tertiary/aromatic N) is 5. The second-order valence-corrected chi connectivity index (χ2v) is 9.95. The van der Waals surface area contributed by atoms with Crippen molar-refractivity contribution in [3.8, 4) is 5.88 Å². The predicted molar refractivity (Wildman–Crippen MR) is 148 cm³/mol. The molecule has 6 rings (SSSR count). The van der Waals surface area contributed by atoms with Gasteiger partial charge in [-0.1, -0.05) is 36.4 Å². The number of ether oxygens (including phenoxy) is 3. The molecule has 2 aromatic carbocycles.